The molecule has 3 rings (SSSR count). The number of nitrogens with one attached hydrogen (secondary N) is 1. The number of likely N-dealkylation sites (tertiary alicyclic amines) is 1. The fraction of sp³-hybridized carbons (Fsp3) is 0.391. The van der Waals surface area contributed by atoms with Crippen molar-refractivity contribution < 1.29 is 18.0 Å². The summed E-state index contributed by atoms with van der Waals surface area (Å²) in [6, 6.07) is 13.1. The molecular formula is C23H29N3O4S. The summed E-state index contributed by atoms with van der Waals surface area (Å²) in [7, 11) is -3.63. The first-order valence-corrected chi connectivity index (χ1v) is 12.2. The molecule has 0 spiro atoms. The number of carbonyl (C=O) groups excluding carboxylic acids is 2. The van der Waals surface area contributed by atoms with E-state index in [2.05, 4.69) is 5.32 Å². The molecule has 1 heterocycles. The quantitative estimate of drug-likeness (QED) is 0.679. The third-order valence-corrected chi connectivity index (χ3v) is 6.56. The molecule has 1 aliphatic rings. The molecule has 2 amide bonds. The highest BCUT2D eigenvalue weighted by Gasteiger charge is 2.23. The molecule has 0 aliphatic carbocycles. The maximum atomic E-state index is 12.7. The van der Waals surface area contributed by atoms with Crippen molar-refractivity contribution in [3.8, 4) is 0 Å². The van der Waals surface area contributed by atoms with E-state index in [-0.39, 0.29) is 19.0 Å². The first-order chi connectivity index (χ1) is 14.6. The molecule has 1 N–H and O–H groups in total. The van der Waals surface area contributed by atoms with E-state index in [0.29, 0.717) is 18.7 Å². The molecule has 2 aromatic rings. The topological polar surface area (TPSA) is 86.8 Å². The van der Waals surface area contributed by atoms with Gasteiger partial charge in [0.15, 0.2) is 0 Å². The zero-order chi connectivity index (χ0) is 22.6. The smallest absolute Gasteiger partial charge is 0.241 e. The fourth-order valence-corrected chi connectivity index (χ4v) is 4.72. The number of sulfonamides is 1. The summed E-state index contributed by atoms with van der Waals surface area (Å²) in [5.41, 5.74) is 4.20. The highest BCUT2D eigenvalue weighted by atomic mass is 32.2. The van der Waals surface area contributed by atoms with Gasteiger partial charge in [-0.3, -0.25) is 13.9 Å². The molecule has 1 saturated heterocycles. The minimum atomic E-state index is -3.63. The lowest BCUT2D eigenvalue weighted by atomic mass is 10.1. The van der Waals surface area contributed by atoms with Crippen molar-refractivity contribution in [3.63, 3.8) is 0 Å². The van der Waals surface area contributed by atoms with Gasteiger partial charge in [0.2, 0.25) is 21.8 Å². The predicted octanol–water partition coefficient (Wildman–Crippen LogP) is 2.51. The van der Waals surface area contributed by atoms with Crippen molar-refractivity contribution in [1.82, 2.24) is 10.2 Å². The Bertz CT molecular complexity index is 1080. The zero-order valence-corrected chi connectivity index (χ0v) is 19.0. The third kappa shape index (κ3) is 5.85. The number of carbonyl (C=O) groups is 2. The lowest BCUT2D eigenvalue weighted by Crippen LogP contribution is -2.40. The Labute approximate surface area is 184 Å². The van der Waals surface area contributed by atoms with Crippen LogP contribution in [-0.2, 0) is 32.7 Å². The maximum absolute atomic E-state index is 12.7. The van der Waals surface area contributed by atoms with Gasteiger partial charge in [0.1, 0.15) is 6.54 Å². The van der Waals surface area contributed by atoms with Crippen LogP contribution in [0.5, 0.6) is 0 Å². The highest BCUT2D eigenvalue weighted by Crippen LogP contribution is 2.23. The van der Waals surface area contributed by atoms with Crippen LogP contribution >= 0.6 is 0 Å². The molecule has 0 unspecified atom stereocenters. The van der Waals surface area contributed by atoms with Gasteiger partial charge in [-0.25, -0.2) is 8.42 Å². The summed E-state index contributed by atoms with van der Waals surface area (Å²) in [6.45, 7) is 4.99. The summed E-state index contributed by atoms with van der Waals surface area (Å²) in [6.07, 6.45) is 2.55. The van der Waals surface area contributed by atoms with Gasteiger partial charge in [-0.1, -0.05) is 42.0 Å². The Kier molecular flexibility index (Phi) is 7.00. The molecule has 31 heavy (non-hydrogen) atoms. The SMILES string of the molecule is Cc1ccc(N(CC(=O)NCc2ccccc2CN2CCCC2=O)S(C)(=O)=O)c(C)c1. The molecule has 1 fully saturated rings. The van der Waals surface area contributed by atoms with Crippen LogP contribution in [0.3, 0.4) is 0 Å². The number of nitrogens with zero attached hydrogens (tertiary/aromatic N) is 2. The molecule has 0 radical (unpaired) electrons. The average Bonchev–Trinajstić information content (AvgIpc) is 3.10. The predicted molar refractivity (Wildman–Crippen MR) is 121 cm³/mol. The van der Waals surface area contributed by atoms with Gasteiger partial charge < -0.3 is 10.2 Å². The molecule has 0 saturated carbocycles. The van der Waals surface area contributed by atoms with Crippen molar-refractivity contribution in [3.05, 3.63) is 64.7 Å². The Hall–Kier alpha value is -2.87. The van der Waals surface area contributed by atoms with Crippen LogP contribution in [0.2, 0.25) is 0 Å². The van der Waals surface area contributed by atoms with Crippen LogP contribution in [0.4, 0.5) is 5.69 Å². The Morgan fingerprint density at radius 1 is 1.13 bits per heavy atom. The standard InChI is InChI=1S/C23H29N3O4S/c1-17-10-11-21(18(2)13-17)26(31(3,29)30)16-22(27)24-14-19-7-4-5-8-20(19)15-25-12-6-9-23(25)28/h4-5,7-8,10-11,13H,6,9,12,14-16H2,1-3H3,(H,24,27). The van der Waals surface area contributed by atoms with Crippen LogP contribution < -0.4 is 9.62 Å². The van der Waals surface area contributed by atoms with E-state index in [1.165, 1.54) is 0 Å². The van der Waals surface area contributed by atoms with E-state index in [9.17, 15) is 18.0 Å². The van der Waals surface area contributed by atoms with E-state index >= 15 is 0 Å². The molecule has 0 atom stereocenters. The van der Waals surface area contributed by atoms with E-state index < -0.39 is 15.9 Å². The molecule has 2 aromatic carbocycles. The fourth-order valence-electron chi connectivity index (χ4n) is 3.81. The second-order valence-electron chi connectivity index (χ2n) is 8.02. The lowest BCUT2D eigenvalue weighted by molar-refractivity contribution is -0.128. The van der Waals surface area contributed by atoms with Crippen molar-refractivity contribution in [2.45, 2.75) is 39.8 Å². The molecule has 7 nitrogen and oxygen atoms in total. The van der Waals surface area contributed by atoms with Gasteiger partial charge in [-0.05, 0) is 43.0 Å². The van der Waals surface area contributed by atoms with Gasteiger partial charge in [-0.2, -0.15) is 0 Å². The second-order valence-corrected chi connectivity index (χ2v) is 9.93. The third-order valence-electron chi connectivity index (χ3n) is 5.44. The minimum Gasteiger partial charge on any atom is -0.350 e. The maximum Gasteiger partial charge on any atom is 0.241 e. The van der Waals surface area contributed by atoms with Crippen molar-refractivity contribution in [2.75, 3.05) is 23.7 Å². The summed E-state index contributed by atoms with van der Waals surface area (Å²) < 4.78 is 25.9. The zero-order valence-electron chi connectivity index (χ0n) is 18.2. The Morgan fingerprint density at radius 2 is 1.84 bits per heavy atom. The van der Waals surface area contributed by atoms with Crippen LogP contribution in [0.1, 0.15) is 35.1 Å². The molecule has 0 bridgehead atoms. The average molecular weight is 444 g/mol. The Balaban J connectivity index is 1.69. The number of hydrogen-bond acceptors (Lipinski definition) is 4. The van der Waals surface area contributed by atoms with Crippen molar-refractivity contribution >= 4 is 27.5 Å². The monoisotopic (exact) mass is 443 g/mol. The summed E-state index contributed by atoms with van der Waals surface area (Å²) in [5, 5.41) is 2.83. The van der Waals surface area contributed by atoms with E-state index in [1.54, 1.807) is 6.07 Å². The van der Waals surface area contributed by atoms with Crippen LogP contribution in [0, 0.1) is 13.8 Å². The number of aryl methyl sites for hydroxylation is 2. The van der Waals surface area contributed by atoms with Gasteiger partial charge in [-0.15, -0.1) is 0 Å². The lowest BCUT2D eigenvalue weighted by Gasteiger charge is -2.24. The minimum absolute atomic E-state index is 0.149. The van der Waals surface area contributed by atoms with Crippen LogP contribution in [0.25, 0.3) is 0 Å². The molecule has 1 aliphatic heterocycles. The molecular weight excluding hydrogens is 414 g/mol. The molecule has 0 aromatic heterocycles. The Morgan fingerprint density at radius 3 is 2.45 bits per heavy atom. The second kappa shape index (κ2) is 9.51. The van der Waals surface area contributed by atoms with Gasteiger partial charge in [0.25, 0.3) is 0 Å². The molecule has 166 valence electrons. The van der Waals surface area contributed by atoms with E-state index in [0.717, 1.165) is 45.8 Å². The normalized spacial score (nSPS) is 14.0. The van der Waals surface area contributed by atoms with Gasteiger partial charge >= 0.3 is 0 Å². The van der Waals surface area contributed by atoms with E-state index in [1.807, 2.05) is 55.1 Å². The number of hydrogen-bond donors (Lipinski definition) is 1. The molecule has 8 heteroatoms. The first-order valence-electron chi connectivity index (χ1n) is 10.3. The number of amides is 2. The number of rotatable bonds is 8. The largest absolute Gasteiger partial charge is 0.350 e. The summed E-state index contributed by atoms with van der Waals surface area (Å²) in [5.74, 6) is -0.242. The number of anilines is 1. The summed E-state index contributed by atoms with van der Waals surface area (Å²) in [4.78, 5) is 26.4. The van der Waals surface area contributed by atoms with Gasteiger partial charge in [0, 0.05) is 26.1 Å². The van der Waals surface area contributed by atoms with E-state index in [4.69, 9.17) is 0 Å². The van der Waals surface area contributed by atoms with Crippen molar-refractivity contribution in [2.24, 2.45) is 0 Å². The number of benzene rings is 2. The van der Waals surface area contributed by atoms with Crippen molar-refractivity contribution in [1.29, 1.82) is 0 Å². The van der Waals surface area contributed by atoms with Crippen LogP contribution in [-0.4, -0.2) is 44.5 Å². The van der Waals surface area contributed by atoms with Crippen LogP contribution in [0.15, 0.2) is 42.5 Å². The highest BCUT2D eigenvalue weighted by molar-refractivity contribution is 7.92. The van der Waals surface area contributed by atoms with Gasteiger partial charge in [0.05, 0.1) is 11.9 Å². The summed E-state index contributed by atoms with van der Waals surface area (Å²) >= 11 is 0. The first kappa shape index (κ1) is 22.8.